The third kappa shape index (κ3) is 2.37. The van der Waals surface area contributed by atoms with E-state index in [4.69, 9.17) is 14.2 Å². The highest BCUT2D eigenvalue weighted by molar-refractivity contribution is 5.82. The zero-order valence-corrected chi connectivity index (χ0v) is 12.9. The highest BCUT2D eigenvalue weighted by Gasteiger charge is 2.67. The predicted octanol–water partition coefficient (Wildman–Crippen LogP) is 2.31. The van der Waals surface area contributed by atoms with Gasteiger partial charge in [-0.1, -0.05) is 13.2 Å². The summed E-state index contributed by atoms with van der Waals surface area (Å²) in [6.07, 6.45) is 6.71. The lowest BCUT2D eigenvalue weighted by atomic mass is 9.50. The molecular weight excluding hydrogens is 284 g/mol. The molecule has 2 atom stereocenters. The maximum absolute atomic E-state index is 11.8. The molecule has 4 aliphatic rings. The Labute approximate surface area is 130 Å². The maximum Gasteiger partial charge on any atom is 0.330 e. The molecule has 0 heterocycles. The predicted molar refractivity (Wildman–Crippen MR) is 79.0 cm³/mol. The van der Waals surface area contributed by atoms with Crippen LogP contribution in [0.15, 0.2) is 25.3 Å². The standard InChI is InChI=1S/C17H22O5/c1-4-13(18)21-16-7-12-6-15(9-16,20-3)10-17(8-12,11-16)22-14(19)5-2/h4-5,12H,1-2,6-11H2,3H3. The molecule has 4 aliphatic carbocycles. The molecule has 0 N–H and O–H groups in total. The van der Waals surface area contributed by atoms with E-state index in [0.29, 0.717) is 25.2 Å². The van der Waals surface area contributed by atoms with Crippen LogP contribution in [-0.4, -0.2) is 35.9 Å². The molecule has 0 aromatic heterocycles. The molecule has 0 aromatic carbocycles. The van der Waals surface area contributed by atoms with Gasteiger partial charge in [0.1, 0.15) is 11.2 Å². The highest BCUT2D eigenvalue weighted by atomic mass is 16.6. The number of rotatable bonds is 5. The summed E-state index contributed by atoms with van der Waals surface area (Å²) in [5.74, 6) is -0.539. The number of methoxy groups -OCH3 is 1. The third-order valence-corrected chi connectivity index (χ3v) is 5.32. The fourth-order valence-corrected chi connectivity index (χ4v) is 5.14. The van der Waals surface area contributed by atoms with Crippen LogP contribution in [0.2, 0.25) is 0 Å². The van der Waals surface area contributed by atoms with Gasteiger partial charge >= 0.3 is 11.9 Å². The fourth-order valence-electron chi connectivity index (χ4n) is 5.14. The zero-order valence-electron chi connectivity index (χ0n) is 12.9. The lowest BCUT2D eigenvalue weighted by Gasteiger charge is -2.63. The summed E-state index contributed by atoms with van der Waals surface area (Å²) in [7, 11) is 1.68. The minimum absolute atomic E-state index is 0.325. The van der Waals surface area contributed by atoms with Crippen molar-refractivity contribution in [1.29, 1.82) is 0 Å². The van der Waals surface area contributed by atoms with Gasteiger partial charge in [0.15, 0.2) is 0 Å². The largest absolute Gasteiger partial charge is 0.456 e. The van der Waals surface area contributed by atoms with Crippen molar-refractivity contribution in [3.05, 3.63) is 25.3 Å². The summed E-state index contributed by atoms with van der Waals surface area (Å²) in [6.45, 7) is 6.94. The Morgan fingerprint density at radius 1 is 0.909 bits per heavy atom. The Bertz CT molecular complexity index is 499. The van der Waals surface area contributed by atoms with Gasteiger partial charge in [0.25, 0.3) is 0 Å². The normalized spacial score (nSPS) is 41.8. The molecule has 5 nitrogen and oxygen atoms in total. The van der Waals surface area contributed by atoms with E-state index in [-0.39, 0.29) is 5.60 Å². The van der Waals surface area contributed by atoms with Gasteiger partial charge in [0, 0.05) is 38.5 Å². The summed E-state index contributed by atoms with van der Waals surface area (Å²) in [5, 5.41) is 0. The number of hydrogen-bond donors (Lipinski definition) is 0. The van der Waals surface area contributed by atoms with Crippen molar-refractivity contribution < 1.29 is 23.8 Å². The molecule has 0 saturated heterocycles. The lowest BCUT2D eigenvalue weighted by molar-refractivity contribution is -0.270. The monoisotopic (exact) mass is 306 g/mol. The average molecular weight is 306 g/mol. The molecule has 120 valence electrons. The first-order valence-corrected chi connectivity index (χ1v) is 7.64. The molecule has 4 saturated carbocycles. The van der Waals surface area contributed by atoms with Gasteiger partial charge < -0.3 is 14.2 Å². The van der Waals surface area contributed by atoms with Gasteiger partial charge in [-0.3, -0.25) is 0 Å². The van der Waals surface area contributed by atoms with E-state index in [9.17, 15) is 9.59 Å². The van der Waals surface area contributed by atoms with Gasteiger partial charge in [-0.25, -0.2) is 9.59 Å². The third-order valence-electron chi connectivity index (χ3n) is 5.32. The first kappa shape index (κ1) is 15.3. The quantitative estimate of drug-likeness (QED) is 0.576. The number of carbonyl (C=O) groups is 2. The molecule has 0 aromatic rings. The van der Waals surface area contributed by atoms with Crippen molar-refractivity contribution in [3.63, 3.8) is 0 Å². The lowest BCUT2D eigenvalue weighted by Crippen LogP contribution is -2.68. The average Bonchev–Trinajstić information content (AvgIpc) is 2.44. The van der Waals surface area contributed by atoms with E-state index in [2.05, 4.69) is 13.2 Å². The van der Waals surface area contributed by atoms with Crippen molar-refractivity contribution in [2.24, 2.45) is 5.92 Å². The van der Waals surface area contributed by atoms with Crippen LogP contribution in [0.25, 0.3) is 0 Å². The van der Waals surface area contributed by atoms with Gasteiger partial charge in [-0.05, 0) is 25.2 Å². The molecule has 4 bridgehead atoms. The summed E-state index contributed by atoms with van der Waals surface area (Å²) in [4.78, 5) is 23.5. The molecule has 5 heteroatoms. The summed E-state index contributed by atoms with van der Waals surface area (Å²) < 4.78 is 17.2. The van der Waals surface area contributed by atoms with Crippen LogP contribution >= 0.6 is 0 Å². The van der Waals surface area contributed by atoms with Crippen LogP contribution in [0, 0.1) is 5.92 Å². The van der Waals surface area contributed by atoms with Crippen molar-refractivity contribution >= 4 is 11.9 Å². The SMILES string of the molecule is C=CC(=O)OC12CC3CC(OC)(C1)CC(OC(=O)C=C)(C3)C2. The molecule has 0 amide bonds. The Morgan fingerprint density at radius 3 is 1.73 bits per heavy atom. The van der Waals surface area contributed by atoms with E-state index < -0.39 is 23.1 Å². The first-order chi connectivity index (χ1) is 10.4. The van der Waals surface area contributed by atoms with Gasteiger partial charge in [-0.15, -0.1) is 0 Å². The molecule has 2 unspecified atom stereocenters. The van der Waals surface area contributed by atoms with Crippen molar-refractivity contribution in [3.8, 4) is 0 Å². The second-order valence-corrected chi connectivity index (χ2v) is 7.01. The Balaban J connectivity index is 1.94. The first-order valence-electron chi connectivity index (χ1n) is 7.64. The summed E-state index contributed by atoms with van der Waals surface area (Å²) in [6, 6.07) is 0. The van der Waals surface area contributed by atoms with Gasteiger partial charge in [-0.2, -0.15) is 0 Å². The molecule has 0 radical (unpaired) electrons. The van der Waals surface area contributed by atoms with Gasteiger partial charge in [0.2, 0.25) is 0 Å². The summed E-state index contributed by atoms with van der Waals surface area (Å²) in [5.41, 5.74) is -1.63. The second kappa shape index (κ2) is 4.95. The molecule has 0 aliphatic heterocycles. The van der Waals surface area contributed by atoms with E-state index in [1.807, 2.05) is 0 Å². The maximum atomic E-state index is 11.8. The van der Waals surface area contributed by atoms with Crippen LogP contribution < -0.4 is 0 Å². The smallest absolute Gasteiger partial charge is 0.330 e. The number of esters is 2. The Kier molecular flexibility index (Phi) is 3.44. The number of hydrogen-bond acceptors (Lipinski definition) is 5. The van der Waals surface area contributed by atoms with Crippen LogP contribution in [0.4, 0.5) is 0 Å². The molecule has 4 rings (SSSR count). The Hall–Kier alpha value is -1.62. The summed E-state index contributed by atoms with van der Waals surface area (Å²) >= 11 is 0. The van der Waals surface area contributed by atoms with E-state index in [1.165, 1.54) is 12.2 Å². The van der Waals surface area contributed by atoms with Crippen LogP contribution in [-0.2, 0) is 23.8 Å². The van der Waals surface area contributed by atoms with E-state index >= 15 is 0 Å². The zero-order chi connectivity index (χ0) is 16.0. The molecule has 4 fully saturated rings. The number of carbonyl (C=O) groups excluding carboxylic acids is 2. The molecule has 0 spiro atoms. The van der Waals surface area contributed by atoms with Crippen LogP contribution in [0.5, 0.6) is 0 Å². The molecule has 22 heavy (non-hydrogen) atoms. The second-order valence-electron chi connectivity index (χ2n) is 7.01. The Morgan fingerprint density at radius 2 is 1.32 bits per heavy atom. The highest BCUT2D eigenvalue weighted by Crippen LogP contribution is 2.62. The number of ether oxygens (including phenoxy) is 3. The topological polar surface area (TPSA) is 61.8 Å². The van der Waals surface area contributed by atoms with Crippen LogP contribution in [0.1, 0.15) is 38.5 Å². The fraction of sp³-hybridized carbons (Fsp3) is 0.647. The van der Waals surface area contributed by atoms with E-state index in [0.717, 1.165) is 19.3 Å². The van der Waals surface area contributed by atoms with Crippen molar-refractivity contribution in [1.82, 2.24) is 0 Å². The van der Waals surface area contributed by atoms with E-state index in [1.54, 1.807) is 7.11 Å². The van der Waals surface area contributed by atoms with Crippen molar-refractivity contribution in [2.45, 2.75) is 55.3 Å². The van der Waals surface area contributed by atoms with Crippen molar-refractivity contribution in [2.75, 3.05) is 7.11 Å². The van der Waals surface area contributed by atoms with Gasteiger partial charge in [0.05, 0.1) is 5.60 Å². The minimum Gasteiger partial charge on any atom is -0.456 e. The van der Waals surface area contributed by atoms with Crippen LogP contribution in [0.3, 0.4) is 0 Å². The molecular formula is C17H22O5. The minimum atomic E-state index is -0.623.